The summed E-state index contributed by atoms with van der Waals surface area (Å²) >= 11 is 1.52. The van der Waals surface area contributed by atoms with Crippen molar-refractivity contribution in [2.45, 2.75) is 32.3 Å². The van der Waals surface area contributed by atoms with E-state index in [1.54, 1.807) is 12.1 Å². The third kappa shape index (κ3) is 2.76. The van der Waals surface area contributed by atoms with E-state index >= 15 is 0 Å². The van der Waals surface area contributed by atoms with Crippen molar-refractivity contribution in [3.05, 3.63) is 51.7 Å². The summed E-state index contributed by atoms with van der Waals surface area (Å²) in [6.07, 6.45) is -0.868. The zero-order valence-corrected chi connectivity index (χ0v) is 11.5. The Hall–Kier alpha value is -1.26. The summed E-state index contributed by atoms with van der Waals surface area (Å²) < 4.78 is 13.1. The second-order valence-corrected chi connectivity index (χ2v) is 6.14. The molecular formula is C14H16FNOS. The molecule has 0 aliphatic heterocycles. The van der Waals surface area contributed by atoms with Gasteiger partial charge in [0.05, 0.1) is 10.7 Å². The van der Waals surface area contributed by atoms with Gasteiger partial charge >= 0.3 is 0 Å². The van der Waals surface area contributed by atoms with Crippen molar-refractivity contribution >= 4 is 11.3 Å². The third-order valence-corrected chi connectivity index (χ3v) is 3.89. The maximum Gasteiger partial charge on any atom is 0.123 e. The number of hydrogen-bond donors (Lipinski definition) is 1. The summed E-state index contributed by atoms with van der Waals surface area (Å²) in [7, 11) is 0. The number of benzene rings is 1. The van der Waals surface area contributed by atoms with Crippen molar-refractivity contribution in [3.63, 3.8) is 0 Å². The zero-order chi connectivity index (χ0) is 13.3. The van der Waals surface area contributed by atoms with E-state index in [0.717, 1.165) is 5.01 Å². The van der Waals surface area contributed by atoms with Gasteiger partial charge in [0, 0.05) is 10.8 Å². The van der Waals surface area contributed by atoms with Gasteiger partial charge in [-0.15, -0.1) is 11.3 Å². The lowest BCUT2D eigenvalue weighted by Crippen LogP contribution is -2.11. The van der Waals surface area contributed by atoms with Crippen molar-refractivity contribution in [1.82, 2.24) is 4.98 Å². The molecule has 1 atom stereocenters. The molecule has 2 rings (SSSR count). The van der Waals surface area contributed by atoms with Crippen LogP contribution in [0.3, 0.4) is 0 Å². The van der Waals surface area contributed by atoms with E-state index in [4.69, 9.17) is 0 Å². The molecule has 18 heavy (non-hydrogen) atoms. The molecule has 2 nitrogen and oxygen atoms in total. The second-order valence-electron chi connectivity index (χ2n) is 5.29. The highest BCUT2D eigenvalue weighted by Gasteiger charge is 2.21. The van der Waals surface area contributed by atoms with E-state index < -0.39 is 6.10 Å². The van der Waals surface area contributed by atoms with Crippen LogP contribution in [0.25, 0.3) is 0 Å². The summed E-state index contributed by atoms with van der Waals surface area (Å²) in [6, 6.07) is 5.98. The maximum absolute atomic E-state index is 13.1. The molecule has 1 heterocycles. The summed E-state index contributed by atoms with van der Waals surface area (Å²) in [5, 5.41) is 13.0. The van der Waals surface area contributed by atoms with Crippen LogP contribution in [0, 0.1) is 5.82 Å². The van der Waals surface area contributed by atoms with Gasteiger partial charge in [-0.05, 0) is 17.7 Å². The molecule has 1 aromatic heterocycles. The van der Waals surface area contributed by atoms with Gasteiger partial charge in [-0.3, -0.25) is 0 Å². The Kier molecular flexibility index (Phi) is 3.50. The number of aliphatic hydroxyl groups is 1. The van der Waals surface area contributed by atoms with Crippen LogP contribution in [0.2, 0.25) is 0 Å². The molecule has 0 spiro atoms. The molecule has 0 saturated heterocycles. The molecule has 0 aliphatic carbocycles. The highest BCUT2D eigenvalue weighted by atomic mass is 32.1. The minimum atomic E-state index is -0.868. The fourth-order valence-corrected chi connectivity index (χ4v) is 2.53. The average Bonchev–Trinajstić information content (AvgIpc) is 2.77. The number of hydrogen-bond acceptors (Lipinski definition) is 3. The van der Waals surface area contributed by atoms with Crippen molar-refractivity contribution in [2.75, 3.05) is 0 Å². The van der Waals surface area contributed by atoms with Gasteiger partial charge in [0.15, 0.2) is 0 Å². The molecular weight excluding hydrogens is 249 g/mol. The Balaban J connectivity index is 2.29. The molecule has 1 unspecified atom stereocenters. The quantitative estimate of drug-likeness (QED) is 0.899. The number of aliphatic hydroxyl groups excluding tert-OH is 1. The number of thiazole rings is 1. The van der Waals surface area contributed by atoms with Crippen LogP contribution in [-0.2, 0) is 5.41 Å². The normalized spacial score (nSPS) is 13.6. The Labute approximate surface area is 110 Å². The van der Waals surface area contributed by atoms with Crippen LogP contribution in [0.15, 0.2) is 29.6 Å². The van der Waals surface area contributed by atoms with Gasteiger partial charge in [0.2, 0.25) is 0 Å². The molecule has 0 radical (unpaired) electrons. The van der Waals surface area contributed by atoms with Crippen LogP contribution in [0.4, 0.5) is 4.39 Å². The van der Waals surface area contributed by atoms with Crippen LogP contribution in [0.1, 0.15) is 43.1 Å². The van der Waals surface area contributed by atoms with Gasteiger partial charge in [-0.1, -0.05) is 32.9 Å². The first-order chi connectivity index (χ1) is 8.38. The van der Waals surface area contributed by atoms with E-state index in [-0.39, 0.29) is 11.2 Å². The first-order valence-corrected chi connectivity index (χ1v) is 6.65. The van der Waals surface area contributed by atoms with Crippen LogP contribution in [-0.4, -0.2) is 10.1 Å². The molecule has 0 amide bonds. The molecule has 0 fully saturated rings. The molecule has 4 heteroatoms. The minimum absolute atomic E-state index is 0.0371. The Morgan fingerprint density at radius 3 is 2.61 bits per heavy atom. The summed E-state index contributed by atoms with van der Waals surface area (Å²) in [4.78, 5) is 4.43. The molecule has 0 bridgehead atoms. The number of halogens is 1. The molecule has 1 N–H and O–H groups in total. The number of aromatic nitrogens is 1. The van der Waals surface area contributed by atoms with Gasteiger partial charge in [-0.2, -0.15) is 0 Å². The predicted octanol–water partition coefficient (Wildman–Crippen LogP) is 3.66. The maximum atomic E-state index is 13.1. The highest BCUT2D eigenvalue weighted by molar-refractivity contribution is 7.09. The van der Waals surface area contributed by atoms with E-state index in [1.807, 2.05) is 5.38 Å². The van der Waals surface area contributed by atoms with E-state index in [2.05, 4.69) is 25.8 Å². The largest absolute Gasteiger partial charge is 0.382 e. The zero-order valence-electron chi connectivity index (χ0n) is 10.6. The average molecular weight is 265 g/mol. The molecule has 2 aromatic rings. The van der Waals surface area contributed by atoms with Gasteiger partial charge in [-0.25, -0.2) is 9.37 Å². The van der Waals surface area contributed by atoms with E-state index in [9.17, 15) is 9.50 Å². The van der Waals surface area contributed by atoms with E-state index in [0.29, 0.717) is 11.3 Å². The highest BCUT2D eigenvalue weighted by Crippen LogP contribution is 2.30. The van der Waals surface area contributed by atoms with Crippen molar-refractivity contribution in [1.29, 1.82) is 0 Å². The molecule has 96 valence electrons. The van der Waals surface area contributed by atoms with Gasteiger partial charge < -0.3 is 5.11 Å². The number of nitrogens with zero attached hydrogens (tertiary/aromatic N) is 1. The smallest absolute Gasteiger partial charge is 0.123 e. The fraction of sp³-hybridized carbons (Fsp3) is 0.357. The lowest BCUT2D eigenvalue weighted by molar-refractivity contribution is 0.215. The van der Waals surface area contributed by atoms with Crippen LogP contribution >= 0.6 is 11.3 Å². The standard InChI is InChI=1S/C14H16FNOS/c1-14(2,3)13-16-11(8-18-13)12(17)9-5-4-6-10(15)7-9/h4-8,12,17H,1-3H3. The molecule has 1 aromatic carbocycles. The number of rotatable bonds is 2. The third-order valence-electron chi connectivity index (χ3n) is 2.61. The predicted molar refractivity (Wildman–Crippen MR) is 71.3 cm³/mol. The van der Waals surface area contributed by atoms with Crippen molar-refractivity contribution in [3.8, 4) is 0 Å². The molecule has 0 aliphatic rings. The monoisotopic (exact) mass is 265 g/mol. The Bertz CT molecular complexity index is 545. The molecule has 0 saturated carbocycles. The van der Waals surface area contributed by atoms with Crippen LogP contribution < -0.4 is 0 Å². The Morgan fingerprint density at radius 2 is 2.06 bits per heavy atom. The second kappa shape index (κ2) is 4.78. The van der Waals surface area contributed by atoms with Crippen LogP contribution in [0.5, 0.6) is 0 Å². The SMILES string of the molecule is CC(C)(C)c1nc(C(O)c2cccc(F)c2)cs1. The minimum Gasteiger partial charge on any atom is -0.382 e. The lowest BCUT2D eigenvalue weighted by atomic mass is 9.98. The summed E-state index contributed by atoms with van der Waals surface area (Å²) in [5.41, 5.74) is 1.07. The van der Waals surface area contributed by atoms with E-state index in [1.165, 1.54) is 23.5 Å². The fourth-order valence-electron chi connectivity index (χ4n) is 1.60. The lowest BCUT2D eigenvalue weighted by Gasteiger charge is -2.14. The Morgan fingerprint density at radius 1 is 1.33 bits per heavy atom. The van der Waals surface area contributed by atoms with Gasteiger partial charge in [0.25, 0.3) is 0 Å². The van der Waals surface area contributed by atoms with Crippen molar-refractivity contribution in [2.24, 2.45) is 0 Å². The first-order valence-electron chi connectivity index (χ1n) is 5.77. The topological polar surface area (TPSA) is 33.1 Å². The van der Waals surface area contributed by atoms with Crippen molar-refractivity contribution < 1.29 is 9.50 Å². The van der Waals surface area contributed by atoms with Gasteiger partial charge in [0.1, 0.15) is 11.9 Å². The summed E-state index contributed by atoms with van der Waals surface area (Å²) in [5.74, 6) is -0.349. The first kappa shape index (κ1) is 13.2. The summed E-state index contributed by atoms with van der Waals surface area (Å²) in [6.45, 7) is 6.22.